The second-order valence-electron chi connectivity index (χ2n) is 3.41. The van der Waals surface area contributed by atoms with Crippen LogP contribution in [0.25, 0.3) is 22.8 Å². The third kappa shape index (κ3) is 1.90. The summed E-state index contributed by atoms with van der Waals surface area (Å²) in [7, 11) is 0. The lowest BCUT2D eigenvalue weighted by molar-refractivity contribution is 0.418. The molecule has 0 aliphatic carbocycles. The Kier molecular flexibility index (Phi) is 2.34. The topological polar surface area (TPSA) is 64.7 Å². The molecule has 0 fully saturated rings. The van der Waals surface area contributed by atoms with Gasteiger partial charge in [-0.1, -0.05) is 35.5 Å². The normalized spacial score (nSPS) is 10.4. The van der Waals surface area contributed by atoms with Gasteiger partial charge in [-0.2, -0.15) is 4.98 Å². The van der Waals surface area contributed by atoms with Crippen LogP contribution in [0.4, 0.5) is 0 Å². The van der Waals surface area contributed by atoms with E-state index in [0.717, 1.165) is 11.3 Å². The molecule has 2 aromatic heterocycles. The number of nitrogens with zero attached hydrogens (tertiary/aromatic N) is 4. The van der Waals surface area contributed by atoms with E-state index in [1.54, 1.807) is 0 Å². The zero-order valence-corrected chi connectivity index (χ0v) is 8.82. The minimum Gasteiger partial charge on any atom is -0.342 e. The van der Waals surface area contributed by atoms with Crippen LogP contribution in [0.2, 0.25) is 0 Å². The van der Waals surface area contributed by atoms with E-state index in [4.69, 9.17) is 4.52 Å². The van der Waals surface area contributed by atoms with Crippen LogP contribution in [-0.2, 0) is 0 Å². The maximum absolute atomic E-state index is 4.69. The molecule has 0 aliphatic heterocycles. The van der Waals surface area contributed by atoms with E-state index in [0.29, 0.717) is 11.5 Å². The molecule has 0 unspecified atom stereocenters. The quantitative estimate of drug-likeness (QED) is 0.667. The number of aromatic nitrogens is 4. The van der Waals surface area contributed by atoms with Gasteiger partial charge in [0, 0.05) is 5.56 Å². The van der Waals surface area contributed by atoms with Gasteiger partial charge in [0.15, 0.2) is 0 Å². The molecule has 0 amide bonds. The van der Waals surface area contributed by atoms with Crippen LogP contribution in [0.15, 0.2) is 53.6 Å². The van der Waals surface area contributed by atoms with Gasteiger partial charge in [-0.05, 0) is 6.07 Å². The van der Waals surface area contributed by atoms with Crippen LogP contribution in [-0.4, -0.2) is 20.1 Å². The van der Waals surface area contributed by atoms with Crippen molar-refractivity contribution in [3.05, 3.63) is 49.1 Å². The van der Waals surface area contributed by atoms with E-state index in [1.807, 2.05) is 36.4 Å². The van der Waals surface area contributed by atoms with Gasteiger partial charge in [-0.25, -0.2) is 9.97 Å². The number of hydrogen-bond donors (Lipinski definition) is 0. The van der Waals surface area contributed by atoms with Crippen molar-refractivity contribution in [3.8, 4) is 22.8 Å². The zero-order chi connectivity index (χ0) is 11.5. The van der Waals surface area contributed by atoms with Gasteiger partial charge in [0.25, 0.3) is 0 Å². The standard InChI is InChI=1S/C12H8N4O/c1-2-4-9(5-3-1)10-6-11(14-7-13-10)12-15-8-17-16-12/h1-8H. The molecule has 5 nitrogen and oxygen atoms in total. The monoisotopic (exact) mass is 224 g/mol. The largest absolute Gasteiger partial charge is 0.342 e. The van der Waals surface area contributed by atoms with Crippen LogP contribution in [0.5, 0.6) is 0 Å². The molecule has 0 spiro atoms. The van der Waals surface area contributed by atoms with Crippen molar-refractivity contribution in [2.45, 2.75) is 0 Å². The van der Waals surface area contributed by atoms with E-state index in [-0.39, 0.29) is 0 Å². The fraction of sp³-hybridized carbons (Fsp3) is 0. The highest BCUT2D eigenvalue weighted by molar-refractivity contribution is 5.63. The summed E-state index contributed by atoms with van der Waals surface area (Å²) < 4.78 is 4.69. The first-order chi connectivity index (χ1) is 8.43. The fourth-order valence-electron chi connectivity index (χ4n) is 1.53. The van der Waals surface area contributed by atoms with Gasteiger partial charge in [0.05, 0.1) is 5.69 Å². The summed E-state index contributed by atoms with van der Waals surface area (Å²) in [6.45, 7) is 0. The Bertz CT molecular complexity index is 607. The lowest BCUT2D eigenvalue weighted by Crippen LogP contribution is -1.90. The Morgan fingerprint density at radius 2 is 1.71 bits per heavy atom. The number of rotatable bonds is 2. The average Bonchev–Trinajstić information content (AvgIpc) is 2.94. The maximum Gasteiger partial charge on any atom is 0.220 e. The van der Waals surface area contributed by atoms with Crippen LogP contribution >= 0.6 is 0 Å². The van der Waals surface area contributed by atoms with E-state index in [2.05, 4.69) is 20.1 Å². The van der Waals surface area contributed by atoms with Crippen LogP contribution in [0, 0.1) is 0 Å². The lowest BCUT2D eigenvalue weighted by atomic mass is 10.1. The fourth-order valence-corrected chi connectivity index (χ4v) is 1.53. The van der Waals surface area contributed by atoms with E-state index >= 15 is 0 Å². The molecule has 17 heavy (non-hydrogen) atoms. The van der Waals surface area contributed by atoms with Crippen molar-refractivity contribution in [2.24, 2.45) is 0 Å². The van der Waals surface area contributed by atoms with Crippen molar-refractivity contribution in [1.82, 2.24) is 20.1 Å². The van der Waals surface area contributed by atoms with Crippen molar-refractivity contribution < 1.29 is 4.52 Å². The van der Waals surface area contributed by atoms with Gasteiger partial charge in [-0.15, -0.1) is 0 Å². The molecule has 0 atom stereocenters. The summed E-state index contributed by atoms with van der Waals surface area (Å²) in [5.41, 5.74) is 2.51. The number of benzene rings is 1. The molecular weight excluding hydrogens is 216 g/mol. The molecule has 0 bridgehead atoms. The molecule has 0 saturated carbocycles. The molecule has 3 aromatic rings. The minimum absolute atomic E-state index is 0.463. The molecule has 0 aliphatic rings. The van der Waals surface area contributed by atoms with Crippen molar-refractivity contribution >= 4 is 0 Å². The van der Waals surface area contributed by atoms with Gasteiger partial charge >= 0.3 is 0 Å². The second kappa shape index (κ2) is 4.13. The minimum atomic E-state index is 0.463. The average molecular weight is 224 g/mol. The third-order valence-corrected chi connectivity index (χ3v) is 2.33. The van der Waals surface area contributed by atoms with Crippen LogP contribution in [0.1, 0.15) is 0 Å². The molecule has 3 rings (SSSR count). The summed E-state index contributed by atoms with van der Waals surface area (Å²) >= 11 is 0. The Hall–Kier alpha value is -2.56. The first-order valence-electron chi connectivity index (χ1n) is 5.08. The van der Waals surface area contributed by atoms with Gasteiger partial charge in [0.2, 0.25) is 12.2 Å². The summed E-state index contributed by atoms with van der Waals surface area (Å²) in [6.07, 6.45) is 2.77. The molecule has 82 valence electrons. The number of hydrogen-bond acceptors (Lipinski definition) is 5. The highest BCUT2D eigenvalue weighted by Crippen LogP contribution is 2.19. The molecule has 2 heterocycles. The van der Waals surface area contributed by atoms with Crippen LogP contribution in [0.3, 0.4) is 0 Å². The highest BCUT2D eigenvalue weighted by Gasteiger charge is 2.07. The summed E-state index contributed by atoms with van der Waals surface area (Å²) in [5.74, 6) is 0.463. The zero-order valence-electron chi connectivity index (χ0n) is 8.82. The summed E-state index contributed by atoms with van der Waals surface area (Å²) in [6, 6.07) is 11.7. The predicted octanol–water partition coefficient (Wildman–Crippen LogP) is 2.19. The van der Waals surface area contributed by atoms with Crippen LogP contribution < -0.4 is 0 Å². The van der Waals surface area contributed by atoms with E-state index in [9.17, 15) is 0 Å². The van der Waals surface area contributed by atoms with Crippen molar-refractivity contribution in [3.63, 3.8) is 0 Å². The molecule has 0 radical (unpaired) electrons. The summed E-state index contributed by atoms with van der Waals surface area (Å²) in [4.78, 5) is 12.3. The highest BCUT2D eigenvalue weighted by atomic mass is 16.5. The molecule has 0 saturated heterocycles. The van der Waals surface area contributed by atoms with E-state index < -0.39 is 0 Å². The summed E-state index contributed by atoms with van der Waals surface area (Å²) in [5, 5.41) is 3.74. The van der Waals surface area contributed by atoms with Gasteiger partial charge in [0.1, 0.15) is 12.0 Å². The van der Waals surface area contributed by atoms with E-state index in [1.165, 1.54) is 12.7 Å². The maximum atomic E-state index is 4.69. The van der Waals surface area contributed by atoms with Crippen molar-refractivity contribution in [1.29, 1.82) is 0 Å². The smallest absolute Gasteiger partial charge is 0.220 e. The molecule has 1 aromatic carbocycles. The van der Waals surface area contributed by atoms with Gasteiger partial charge in [-0.3, -0.25) is 0 Å². The second-order valence-corrected chi connectivity index (χ2v) is 3.41. The molecule has 0 N–H and O–H groups in total. The Morgan fingerprint density at radius 3 is 2.47 bits per heavy atom. The third-order valence-electron chi connectivity index (χ3n) is 2.33. The van der Waals surface area contributed by atoms with Gasteiger partial charge < -0.3 is 4.52 Å². The molecule has 5 heteroatoms. The first kappa shape index (κ1) is 9.65. The Labute approximate surface area is 97.2 Å². The predicted molar refractivity (Wildman–Crippen MR) is 60.8 cm³/mol. The SMILES string of the molecule is c1ccc(-c2cc(-c3ncon3)ncn2)cc1. The van der Waals surface area contributed by atoms with Crippen molar-refractivity contribution in [2.75, 3.05) is 0 Å². The Balaban J connectivity index is 2.06. The Morgan fingerprint density at radius 1 is 0.882 bits per heavy atom. The lowest BCUT2D eigenvalue weighted by Gasteiger charge is -2.00. The molecular formula is C12H8N4O. The first-order valence-corrected chi connectivity index (χ1v) is 5.08.